The predicted molar refractivity (Wildman–Crippen MR) is 72.8 cm³/mol. The Morgan fingerprint density at radius 1 is 1.22 bits per heavy atom. The van der Waals surface area contributed by atoms with E-state index < -0.39 is 0 Å². The first-order valence-corrected chi connectivity index (χ1v) is 6.68. The molecule has 0 fully saturated rings. The molecule has 18 heavy (non-hydrogen) atoms. The van der Waals surface area contributed by atoms with Crippen molar-refractivity contribution in [1.29, 1.82) is 0 Å². The summed E-state index contributed by atoms with van der Waals surface area (Å²) in [6.07, 6.45) is 3.42. The highest BCUT2D eigenvalue weighted by Gasteiger charge is 2.31. The van der Waals surface area contributed by atoms with Crippen LogP contribution in [0.15, 0.2) is 12.1 Å². The molecule has 0 bridgehead atoms. The van der Waals surface area contributed by atoms with Gasteiger partial charge in [-0.05, 0) is 49.8 Å². The molecule has 1 aromatic carbocycles. The number of aryl methyl sites for hydroxylation is 1. The van der Waals surface area contributed by atoms with Crippen molar-refractivity contribution < 1.29 is 4.79 Å². The van der Waals surface area contributed by atoms with E-state index in [2.05, 4.69) is 26.0 Å². The van der Waals surface area contributed by atoms with Crippen LogP contribution in [0.2, 0.25) is 0 Å². The Morgan fingerprint density at radius 3 is 2.56 bits per heavy atom. The van der Waals surface area contributed by atoms with Crippen LogP contribution in [-0.2, 0) is 24.1 Å². The molecular formula is C15H20N2O. The third kappa shape index (κ3) is 1.93. The average Bonchev–Trinajstić information content (AvgIpc) is 2.66. The summed E-state index contributed by atoms with van der Waals surface area (Å²) in [6, 6.07) is 4.49. The van der Waals surface area contributed by atoms with Crippen LogP contribution < -0.4 is 10.6 Å². The van der Waals surface area contributed by atoms with E-state index in [9.17, 15) is 4.79 Å². The highest BCUT2D eigenvalue weighted by Crippen LogP contribution is 2.37. The van der Waals surface area contributed by atoms with Gasteiger partial charge in [0.15, 0.2) is 0 Å². The topological polar surface area (TPSA) is 46.3 Å². The Bertz CT molecular complexity index is 514. The highest BCUT2D eigenvalue weighted by atomic mass is 16.2. The number of nitrogens with two attached hydrogens (primary N) is 1. The minimum absolute atomic E-state index is 0.177. The number of carbonyl (C=O) groups excluding carboxylic acids is 1. The minimum Gasteiger partial charge on any atom is -0.325 e. The standard InChI is InChI=1S/C15H20N2O/c1-15(2,16)9-10-7-11-3-4-13(18)17-6-5-12(8-10)14(11)17/h7-8H,3-6,9,16H2,1-2H3. The fourth-order valence-electron chi connectivity index (χ4n) is 3.16. The lowest BCUT2D eigenvalue weighted by Gasteiger charge is -2.27. The van der Waals surface area contributed by atoms with Crippen LogP contribution in [0.3, 0.4) is 0 Å². The first-order valence-electron chi connectivity index (χ1n) is 6.68. The molecule has 0 aliphatic carbocycles. The smallest absolute Gasteiger partial charge is 0.227 e. The zero-order valence-corrected chi connectivity index (χ0v) is 11.1. The van der Waals surface area contributed by atoms with Gasteiger partial charge in [-0.3, -0.25) is 4.79 Å². The van der Waals surface area contributed by atoms with Gasteiger partial charge in [-0.15, -0.1) is 0 Å². The van der Waals surface area contributed by atoms with Crippen molar-refractivity contribution in [2.75, 3.05) is 11.4 Å². The van der Waals surface area contributed by atoms with Gasteiger partial charge in [0.25, 0.3) is 0 Å². The molecule has 2 heterocycles. The van der Waals surface area contributed by atoms with E-state index in [0.29, 0.717) is 6.42 Å². The zero-order valence-electron chi connectivity index (χ0n) is 11.1. The molecule has 2 aliphatic rings. The van der Waals surface area contributed by atoms with Crippen molar-refractivity contribution in [2.24, 2.45) is 5.73 Å². The molecule has 0 radical (unpaired) electrons. The molecule has 0 unspecified atom stereocenters. The van der Waals surface area contributed by atoms with Crippen LogP contribution >= 0.6 is 0 Å². The summed E-state index contributed by atoms with van der Waals surface area (Å²) in [4.78, 5) is 13.8. The molecule has 3 rings (SSSR count). The van der Waals surface area contributed by atoms with Crippen LogP contribution in [0.5, 0.6) is 0 Å². The van der Waals surface area contributed by atoms with Crippen LogP contribution in [0.4, 0.5) is 5.69 Å². The van der Waals surface area contributed by atoms with Crippen molar-refractivity contribution in [2.45, 2.75) is 45.1 Å². The number of rotatable bonds is 2. The maximum absolute atomic E-state index is 11.8. The maximum atomic E-state index is 11.8. The van der Waals surface area contributed by atoms with Gasteiger partial charge >= 0.3 is 0 Å². The average molecular weight is 244 g/mol. The van der Waals surface area contributed by atoms with Crippen molar-refractivity contribution >= 4 is 11.6 Å². The molecule has 1 aromatic rings. The summed E-state index contributed by atoms with van der Waals surface area (Å²) >= 11 is 0. The molecule has 0 atom stereocenters. The molecule has 0 saturated carbocycles. The third-order valence-electron chi connectivity index (χ3n) is 3.77. The molecule has 2 aliphatic heterocycles. The van der Waals surface area contributed by atoms with E-state index in [4.69, 9.17) is 5.73 Å². The van der Waals surface area contributed by atoms with E-state index in [1.165, 1.54) is 22.4 Å². The van der Waals surface area contributed by atoms with E-state index >= 15 is 0 Å². The lowest BCUT2D eigenvalue weighted by Crippen LogP contribution is -2.35. The van der Waals surface area contributed by atoms with E-state index in [1.54, 1.807) is 0 Å². The molecular weight excluding hydrogens is 224 g/mol. The molecule has 3 heteroatoms. The SMILES string of the molecule is CC(C)(N)Cc1cc2c3c(c1)CCN3C(=O)CC2. The van der Waals surface area contributed by atoms with Gasteiger partial charge in [-0.1, -0.05) is 12.1 Å². The summed E-state index contributed by atoms with van der Waals surface area (Å²) in [7, 11) is 0. The van der Waals surface area contributed by atoms with Crippen LogP contribution in [0.1, 0.15) is 37.0 Å². The normalized spacial score (nSPS) is 18.2. The van der Waals surface area contributed by atoms with Crippen LogP contribution in [-0.4, -0.2) is 18.0 Å². The minimum atomic E-state index is -0.177. The quantitative estimate of drug-likeness (QED) is 0.862. The number of anilines is 1. The number of benzene rings is 1. The number of amides is 1. The zero-order chi connectivity index (χ0) is 12.9. The summed E-state index contributed by atoms with van der Waals surface area (Å²) in [5.41, 5.74) is 11.1. The monoisotopic (exact) mass is 244 g/mol. The van der Waals surface area contributed by atoms with Gasteiger partial charge in [0.05, 0.1) is 5.69 Å². The molecule has 96 valence electrons. The van der Waals surface area contributed by atoms with Crippen molar-refractivity contribution in [3.63, 3.8) is 0 Å². The van der Waals surface area contributed by atoms with Gasteiger partial charge in [0.1, 0.15) is 0 Å². The Morgan fingerprint density at radius 2 is 1.89 bits per heavy atom. The van der Waals surface area contributed by atoms with Gasteiger partial charge in [-0.2, -0.15) is 0 Å². The lowest BCUT2D eigenvalue weighted by atomic mass is 9.90. The second-order valence-electron chi connectivity index (χ2n) is 6.22. The van der Waals surface area contributed by atoms with Crippen molar-refractivity contribution in [3.05, 3.63) is 28.8 Å². The van der Waals surface area contributed by atoms with Gasteiger partial charge in [0.2, 0.25) is 5.91 Å². The largest absolute Gasteiger partial charge is 0.325 e. The number of carbonyl (C=O) groups is 1. The first-order chi connectivity index (χ1) is 8.44. The number of hydrogen-bond acceptors (Lipinski definition) is 2. The van der Waals surface area contributed by atoms with E-state index in [-0.39, 0.29) is 11.4 Å². The molecule has 3 nitrogen and oxygen atoms in total. The number of hydrogen-bond donors (Lipinski definition) is 1. The van der Waals surface area contributed by atoms with Crippen molar-refractivity contribution in [1.82, 2.24) is 0 Å². The Hall–Kier alpha value is -1.35. The fourth-order valence-corrected chi connectivity index (χ4v) is 3.16. The third-order valence-corrected chi connectivity index (χ3v) is 3.77. The Kier molecular flexibility index (Phi) is 2.49. The molecule has 0 aromatic heterocycles. The molecule has 2 N–H and O–H groups in total. The second kappa shape index (κ2) is 3.82. The first kappa shape index (κ1) is 11.7. The summed E-state index contributed by atoms with van der Waals surface area (Å²) in [5, 5.41) is 0. The molecule has 0 spiro atoms. The maximum Gasteiger partial charge on any atom is 0.227 e. The molecule has 1 amide bonds. The van der Waals surface area contributed by atoms with Crippen LogP contribution in [0.25, 0.3) is 0 Å². The Balaban J connectivity index is 2.02. The van der Waals surface area contributed by atoms with Crippen molar-refractivity contribution in [3.8, 4) is 0 Å². The van der Waals surface area contributed by atoms with Gasteiger partial charge in [-0.25, -0.2) is 0 Å². The summed E-state index contributed by atoms with van der Waals surface area (Å²) in [6.45, 7) is 4.97. The number of nitrogens with zero attached hydrogens (tertiary/aromatic N) is 1. The van der Waals surface area contributed by atoms with Gasteiger partial charge in [0, 0.05) is 18.5 Å². The van der Waals surface area contributed by atoms with E-state index in [1.807, 2.05) is 4.90 Å². The fraction of sp³-hybridized carbons (Fsp3) is 0.533. The summed E-state index contributed by atoms with van der Waals surface area (Å²) in [5.74, 6) is 0.285. The highest BCUT2D eigenvalue weighted by molar-refractivity contribution is 5.98. The van der Waals surface area contributed by atoms with Crippen LogP contribution in [0, 0.1) is 0 Å². The Labute approximate surface area is 108 Å². The second-order valence-corrected chi connectivity index (χ2v) is 6.22. The molecule has 0 saturated heterocycles. The predicted octanol–water partition coefficient (Wildman–Crippen LogP) is 1.80. The lowest BCUT2D eigenvalue weighted by molar-refractivity contribution is -0.118. The van der Waals surface area contributed by atoms with Gasteiger partial charge < -0.3 is 10.6 Å². The van der Waals surface area contributed by atoms with E-state index in [0.717, 1.165) is 25.8 Å². The summed E-state index contributed by atoms with van der Waals surface area (Å²) < 4.78 is 0.